The molecule has 0 saturated heterocycles. The molecule has 6 nitrogen and oxygen atoms in total. The van der Waals surface area contributed by atoms with Crippen molar-refractivity contribution in [2.24, 2.45) is 0 Å². The van der Waals surface area contributed by atoms with Gasteiger partial charge in [-0.25, -0.2) is 9.07 Å². The highest BCUT2D eigenvalue weighted by atomic mass is 19.1. The number of nitrogens with one attached hydrogen (secondary N) is 1. The molecule has 1 aromatic heterocycles. The van der Waals surface area contributed by atoms with E-state index >= 15 is 0 Å². The summed E-state index contributed by atoms with van der Waals surface area (Å²) < 4.78 is 18.9. The minimum Gasteiger partial charge on any atom is -0.491 e. The summed E-state index contributed by atoms with van der Waals surface area (Å²) in [6.45, 7) is -0.589. The lowest BCUT2D eigenvalue weighted by Gasteiger charge is -2.11. The molecule has 0 saturated carbocycles. The Hall–Kier alpha value is -3.22. The Morgan fingerprint density at radius 3 is 2.88 bits per heavy atom. The highest BCUT2D eigenvalue weighted by molar-refractivity contribution is 6.06. The lowest BCUT2D eigenvalue weighted by molar-refractivity contribution is 0.102. The summed E-state index contributed by atoms with van der Waals surface area (Å²) >= 11 is 0. The van der Waals surface area contributed by atoms with Crippen LogP contribution in [0.4, 0.5) is 10.1 Å². The molecule has 3 rings (SSSR count). The van der Waals surface area contributed by atoms with Gasteiger partial charge in [0.2, 0.25) is 0 Å². The van der Waals surface area contributed by atoms with E-state index in [2.05, 4.69) is 15.6 Å². The van der Waals surface area contributed by atoms with Gasteiger partial charge in [-0.15, -0.1) is 5.10 Å². The van der Waals surface area contributed by atoms with Gasteiger partial charge in [-0.1, -0.05) is 23.4 Å². The van der Waals surface area contributed by atoms with Gasteiger partial charge in [-0.3, -0.25) is 4.79 Å². The Kier molecular flexibility index (Phi) is 4.81. The van der Waals surface area contributed by atoms with Gasteiger partial charge in [0.25, 0.3) is 5.91 Å². The van der Waals surface area contributed by atoms with E-state index in [9.17, 15) is 9.18 Å². The van der Waals surface area contributed by atoms with E-state index in [1.54, 1.807) is 54.9 Å². The molecule has 0 aliphatic carbocycles. The first-order valence-electron chi connectivity index (χ1n) is 7.34. The van der Waals surface area contributed by atoms with Gasteiger partial charge >= 0.3 is 0 Å². The van der Waals surface area contributed by atoms with Crippen molar-refractivity contribution < 1.29 is 13.9 Å². The molecular formula is C17H15FN4O2. The van der Waals surface area contributed by atoms with Crippen LogP contribution in [0.1, 0.15) is 10.4 Å². The summed E-state index contributed by atoms with van der Waals surface area (Å²) in [6.07, 6.45) is 3.21. The summed E-state index contributed by atoms with van der Waals surface area (Å²) in [5.41, 5.74) is 1.64. The highest BCUT2D eigenvalue weighted by Crippen LogP contribution is 2.20. The second kappa shape index (κ2) is 7.36. The molecule has 0 radical (unpaired) electrons. The Balaban J connectivity index is 1.81. The second-order valence-electron chi connectivity index (χ2n) is 4.88. The van der Waals surface area contributed by atoms with E-state index in [1.807, 2.05) is 6.07 Å². The Bertz CT molecular complexity index is 821. The average Bonchev–Trinajstić information content (AvgIpc) is 3.15. The zero-order valence-corrected chi connectivity index (χ0v) is 12.7. The van der Waals surface area contributed by atoms with Gasteiger partial charge < -0.3 is 10.1 Å². The van der Waals surface area contributed by atoms with Gasteiger partial charge in [0.1, 0.15) is 19.0 Å². The van der Waals surface area contributed by atoms with Crippen LogP contribution in [0, 0.1) is 0 Å². The number of para-hydroxylation sites is 1. The van der Waals surface area contributed by atoms with Crippen LogP contribution in [0.25, 0.3) is 5.69 Å². The maximum absolute atomic E-state index is 12.6. The van der Waals surface area contributed by atoms with E-state index in [1.165, 1.54) is 4.68 Å². The van der Waals surface area contributed by atoms with Crippen molar-refractivity contribution in [1.29, 1.82) is 0 Å². The largest absolute Gasteiger partial charge is 0.491 e. The number of rotatable bonds is 6. The predicted molar refractivity (Wildman–Crippen MR) is 87.2 cm³/mol. The van der Waals surface area contributed by atoms with Crippen LogP contribution in [0.2, 0.25) is 0 Å². The standard InChI is InChI=1S/C17H15FN4O2/c18-8-11-24-14-5-3-4-13(12-14)20-17(23)15-6-1-2-7-16(15)22-10-9-19-21-22/h1-7,9-10,12H,8,11H2,(H,20,23). The fourth-order valence-corrected chi connectivity index (χ4v) is 2.22. The third-order valence-corrected chi connectivity index (χ3v) is 3.26. The minimum atomic E-state index is -0.568. The molecule has 0 spiro atoms. The molecule has 0 aliphatic rings. The Labute approximate surface area is 137 Å². The summed E-state index contributed by atoms with van der Waals surface area (Å²) in [4.78, 5) is 12.6. The number of anilines is 1. The molecule has 0 aliphatic heterocycles. The number of nitrogens with zero attached hydrogens (tertiary/aromatic N) is 3. The lowest BCUT2D eigenvalue weighted by atomic mass is 10.1. The molecule has 122 valence electrons. The molecule has 1 amide bonds. The summed E-state index contributed by atoms with van der Waals surface area (Å²) in [6, 6.07) is 13.9. The number of hydrogen-bond acceptors (Lipinski definition) is 4. The van der Waals surface area contributed by atoms with Crippen LogP contribution in [-0.2, 0) is 0 Å². The van der Waals surface area contributed by atoms with Crippen molar-refractivity contribution in [3.05, 3.63) is 66.5 Å². The number of halogens is 1. The Morgan fingerprint density at radius 2 is 2.08 bits per heavy atom. The van der Waals surface area contributed by atoms with Crippen molar-refractivity contribution in [3.63, 3.8) is 0 Å². The topological polar surface area (TPSA) is 69.0 Å². The monoisotopic (exact) mass is 326 g/mol. The number of carbonyl (C=O) groups excluding carboxylic acids is 1. The third kappa shape index (κ3) is 3.57. The molecule has 1 N–H and O–H groups in total. The molecule has 0 fully saturated rings. The lowest BCUT2D eigenvalue weighted by Crippen LogP contribution is -2.15. The fourth-order valence-electron chi connectivity index (χ4n) is 2.22. The van der Waals surface area contributed by atoms with Crippen LogP contribution >= 0.6 is 0 Å². The molecule has 3 aromatic rings. The highest BCUT2D eigenvalue weighted by Gasteiger charge is 2.13. The van der Waals surface area contributed by atoms with Crippen LogP contribution < -0.4 is 10.1 Å². The van der Waals surface area contributed by atoms with E-state index in [0.29, 0.717) is 22.7 Å². The van der Waals surface area contributed by atoms with Crippen LogP contribution in [0.3, 0.4) is 0 Å². The summed E-state index contributed by atoms with van der Waals surface area (Å²) in [5.74, 6) is 0.207. The van der Waals surface area contributed by atoms with Crippen molar-refractivity contribution in [1.82, 2.24) is 15.0 Å². The zero-order valence-electron chi connectivity index (χ0n) is 12.7. The maximum Gasteiger partial charge on any atom is 0.257 e. The van der Waals surface area contributed by atoms with E-state index < -0.39 is 6.67 Å². The molecular weight excluding hydrogens is 311 g/mol. The number of benzene rings is 2. The molecule has 24 heavy (non-hydrogen) atoms. The quantitative estimate of drug-likeness (QED) is 0.756. The van der Waals surface area contributed by atoms with Gasteiger partial charge in [-0.05, 0) is 24.3 Å². The predicted octanol–water partition coefficient (Wildman–Crippen LogP) is 2.87. The molecule has 1 heterocycles. The molecule has 0 atom stereocenters. The normalized spacial score (nSPS) is 10.4. The van der Waals surface area contributed by atoms with Crippen molar-refractivity contribution in [2.75, 3.05) is 18.6 Å². The van der Waals surface area contributed by atoms with Gasteiger partial charge in [0, 0.05) is 11.8 Å². The van der Waals surface area contributed by atoms with Gasteiger partial charge in [-0.2, -0.15) is 0 Å². The van der Waals surface area contributed by atoms with Crippen molar-refractivity contribution in [2.45, 2.75) is 0 Å². The number of carbonyl (C=O) groups is 1. The fraction of sp³-hybridized carbons (Fsp3) is 0.118. The molecule has 2 aromatic carbocycles. The maximum atomic E-state index is 12.6. The average molecular weight is 326 g/mol. The van der Waals surface area contributed by atoms with Crippen LogP contribution in [0.15, 0.2) is 60.9 Å². The van der Waals surface area contributed by atoms with Gasteiger partial charge in [0.15, 0.2) is 0 Å². The first-order valence-corrected chi connectivity index (χ1v) is 7.34. The number of ether oxygens (including phenoxy) is 1. The minimum absolute atomic E-state index is 0.0213. The smallest absolute Gasteiger partial charge is 0.257 e. The number of amides is 1. The van der Waals surface area contributed by atoms with Crippen LogP contribution in [-0.4, -0.2) is 34.2 Å². The Morgan fingerprint density at radius 1 is 1.21 bits per heavy atom. The summed E-state index contributed by atoms with van der Waals surface area (Å²) in [5, 5.41) is 10.5. The molecule has 0 unspecified atom stereocenters. The first kappa shape index (κ1) is 15.7. The molecule has 0 bridgehead atoms. The van der Waals surface area contributed by atoms with Crippen molar-refractivity contribution >= 4 is 11.6 Å². The first-order chi connectivity index (χ1) is 11.8. The number of hydrogen-bond donors (Lipinski definition) is 1. The molecule has 7 heteroatoms. The van der Waals surface area contributed by atoms with Gasteiger partial charge in [0.05, 0.1) is 23.6 Å². The third-order valence-electron chi connectivity index (χ3n) is 3.26. The van der Waals surface area contributed by atoms with E-state index in [-0.39, 0.29) is 12.5 Å². The zero-order chi connectivity index (χ0) is 16.8. The summed E-state index contributed by atoms with van der Waals surface area (Å²) in [7, 11) is 0. The van der Waals surface area contributed by atoms with E-state index in [0.717, 1.165) is 0 Å². The van der Waals surface area contributed by atoms with Crippen LogP contribution in [0.5, 0.6) is 5.75 Å². The number of alkyl halides is 1. The van der Waals surface area contributed by atoms with E-state index in [4.69, 9.17) is 4.74 Å². The van der Waals surface area contributed by atoms with Crippen molar-refractivity contribution in [3.8, 4) is 11.4 Å². The second-order valence-corrected chi connectivity index (χ2v) is 4.88. The SMILES string of the molecule is O=C(Nc1cccc(OCCF)c1)c1ccccc1-n1ccnn1. The number of aromatic nitrogens is 3.